The summed E-state index contributed by atoms with van der Waals surface area (Å²) in [4.78, 5) is 30.2. The van der Waals surface area contributed by atoms with Crippen molar-refractivity contribution in [3.8, 4) is 11.8 Å². The van der Waals surface area contributed by atoms with Gasteiger partial charge >= 0.3 is 0 Å². The topological polar surface area (TPSA) is 88.2 Å². The van der Waals surface area contributed by atoms with Crippen LogP contribution in [-0.4, -0.2) is 42.1 Å². The first-order valence-electron chi connectivity index (χ1n) is 9.54. The Morgan fingerprint density at radius 1 is 1.25 bits per heavy atom. The first-order chi connectivity index (χ1) is 13.6. The summed E-state index contributed by atoms with van der Waals surface area (Å²) < 4.78 is 6.84. The summed E-state index contributed by atoms with van der Waals surface area (Å²) in [6.45, 7) is 7.00. The van der Waals surface area contributed by atoms with Crippen LogP contribution in [0.15, 0.2) is 35.3 Å². The number of anilines is 1. The molecule has 0 radical (unpaired) electrons. The van der Waals surface area contributed by atoms with E-state index in [-0.39, 0.29) is 11.0 Å². The van der Waals surface area contributed by atoms with Gasteiger partial charge in [0.2, 0.25) is 0 Å². The number of hydrogen-bond acceptors (Lipinski definition) is 6. The van der Waals surface area contributed by atoms with E-state index in [4.69, 9.17) is 10.00 Å². The number of carbonyl (C=O) groups is 1. The van der Waals surface area contributed by atoms with Crippen molar-refractivity contribution in [3.05, 3.63) is 52.1 Å². The van der Waals surface area contributed by atoms with Crippen molar-refractivity contribution in [2.45, 2.75) is 26.7 Å². The standard InChI is InChI=1S/C19H18N4O3.C2H6/c20-8-14-3-5-16(6-4-14)23-9-15(2-1-7-24)21-17(18(23)25)22-10-19(11-22)12-26-13-19;1-2/h3-7,9H,1-2,10-13H2;1-2H3. The molecule has 2 fully saturated rings. The average Bonchev–Trinajstić information content (AvgIpc) is 2.67. The minimum atomic E-state index is -0.195. The molecule has 4 rings (SSSR count). The van der Waals surface area contributed by atoms with Gasteiger partial charge in [0, 0.05) is 31.4 Å². The second-order valence-corrected chi connectivity index (χ2v) is 6.94. The van der Waals surface area contributed by atoms with E-state index in [2.05, 4.69) is 11.1 Å². The molecule has 0 saturated carbocycles. The maximum atomic E-state index is 13.0. The quantitative estimate of drug-likeness (QED) is 0.738. The molecular weight excluding hydrogens is 356 g/mol. The number of hydrogen-bond donors (Lipinski definition) is 0. The lowest BCUT2D eigenvalue weighted by Gasteiger charge is -2.55. The number of aldehydes is 1. The fourth-order valence-electron chi connectivity index (χ4n) is 3.44. The molecule has 2 aliphatic heterocycles. The second kappa shape index (κ2) is 8.36. The van der Waals surface area contributed by atoms with Gasteiger partial charge < -0.3 is 14.4 Å². The summed E-state index contributed by atoms with van der Waals surface area (Å²) in [6.07, 6.45) is 3.37. The zero-order chi connectivity index (χ0) is 20.1. The number of nitrogens with zero attached hydrogens (tertiary/aromatic N) is 4. The number of rotatable bonds is 5. The number of ether oxygens (including phenoxy) is 1. The molecule has 1 spiro atoms. The molecule has 146 valence electrons. The molecule has 28 heavy (non-hydrogen) atoms. The molecule has 0 aliphatic carbocycles. The summed E-state index contributed by atoms with van der Waals surface area (Å²) in [7, 11) is 0. The molecule has 2 saturated heterocycles. The molecule has 3 heterocycles. The van der Waals surface area contributed by atoms with Crippen LogP contribution in [0.4, 0.5) is 5.82 Å². The molecule has 0 amide bonds. The van der Waals surface area contributed by atoms with Crippen LogP contribution in [0.2, 0.25) is 0 Å². The largest absolute Gasteiger partial charge is 0.380 e. The summed E-state index contributed by atoms with van der Waals surface area (Å²) in [5.41, 5.74) is 1.88. The Kier molecular flexibility index (Phi) is 5.90. The van der Waals surface area contributed by atoms with Gasteiger partial charge in [-0.25, -0.2) is 4.98 Å². The van der Waals surface area contributed by atoms with E-state index in [9.17, 15) is 9.59 Å². The number of benzene rings is 1. The van der Waals surface area contributed by atoms with Gasteiger partial charge in [-0.05, 0) is 30.7 Å². The smallest absolute Gasteiger partial charge is 0.298 e. The van der Waals surface area contributed by atoms with Gasteiger partial charge in [-0.2, -0.15) is 5.26 Å². The Bertz CT molecular complexity index is 932. The number of aryl methyl sites for hydroxylation is 1. The predicted molar refractivity (Wildman–Crippen MR) is 106 cm³/mol. The molecule has 0 N–H and O–H groups in total. The van der Waals surface area contributed by atoms with Crippen molar-refractivity contribution in [1.82, 2.24) is 9.55 Å². The van der Waals surface area contributed by atoms with Crippen LogP contribution in [0, 0.1) is 16.7 Å². The molecule has 0 unspecified atom stereocenters. The number of nitriles is 1. The third kappa shape index (κ3) is 3.69. The maximum Gasteiger partial charge on any atom is 0.298 e. The van der Waals surface area contributed by atoms with Crippen LogP contribution < -0.4 is 10.5 Å². The molecule has 1 aromatic carbocycles. The highest BCUT2D eigenvalue weighted by Gasteiger charge is 2.50. The van der Waals surface area contributed by atoms with E-state index >= 15 is 0 Å². The first-order valence-corrected chi connectivity index (χ1v) is 9.54. The molecule has 0 atom stereocenters. The molecule has 2 aliphatic rings. The first kappa shape index (κ1) is 19.8. The van der Waals surface area contributed by atoms with Crippen LogP contribution in [0.25, 0.3) is 5.69 Å². The average molecular weight is 380 g/mol. The fourth-order valence-corrected chi connectivity index (χ4v) is 3.44. The van der Waals surface area contributed by atoms with Crippen molar-refractivity contribution in [3.63, 3.8) is 0 Å². The number of carbonyl (C=O) groups excluding carboxylic acids is 1. The van der Waals surface area contributed by atoms with E-state index in [0.717, 1.165) is 32.6 Å². The molecule has 2 aromatic rings. The molecule has 7 heteroatoms. The van der Waals surface area contributed by atoms with Gasteiger partial charge in [0.25, 0.3) is 5.56 Å². The van der Waals surface area contributed by atoms with Crippen LogP contribution in [0.5, 0.6) is 0 Å². The third-order valence-electron chi connectivity index (χ3n) is 4.90. The molecule has 1 aromatic heterocycles. The van der Waals surface area contributed by atoms with Crippen molar-refractivity contribution < 1.29 is 9.53 Å². The SMILES string of the molecule is CC.N#Cc1ccc(-n2cc(CCC=O)nc(N3CC4(COC4)C3)c2=O)cc1. The van der Waals surface area contributed by atoms with Gasteiger partial charge in [0.15, 0.2) is 5.82 Å². The van der Waals surface area contributed by atoms with Crippen LogP contribution in [0.1, 0.15) is 31.5 Å². The van der Waals surface area contributed by atoms with Crippen molar-refractivity contribution in [2.24, 2.45) is 5.41 Å². The monoisotopic (exact) mass is 380 g/mol. The number of aromatic nitrogens is 2. The van der Waals surface area contributed by atoms with E-state index in [1.54, 1.807) is 35.0 Å². The van der Waals surface area contributed by atoms with E-state index < -0.39 is 0 Å². The minimum Gasteiger partial charge on any atom is -0.380 e. The van der Waals surface area contributed by atoms with E-state index in [1.165, 1.54) is 0 Å². The lowest BCUT2D eigenvalue weighted by Crippen LogP contribution is -2.67. The Labute approximate surface area is 164 Å². The summed E-state index contributed by atoms with van der Waals surface area (Å²) in [5, 5.41) is 8.95. The lowest BCUT2D eigenvalue weighted by atomic mass is 9.78. The Morgan fingerprint density at radius 3 is 2.46 bits per heavy atom. The van der Waals surface area contributed by atoms with Gasteiger partial charge in [0.05, 0.1) is 36.0 Å². The highest BCUT2D eigenvalue weighted by molar-refractivity contribution is 5.51. The Morgan fingerprint density at radius 2 is 1.93 bits per heavy atom. The zero-order valence-corrected chi connectivity index (χ0v) is 16.2. The lowest BCUT2D eigenvalue weighted by molar-refractivity contribution is -0.127. The van der Waals surface area contributed by atoms with Gasteiger partial charge in [-0.1, -0.05) is 13.8 Å². The van der Waals surface area contributed by atoms with Crippen LogP contribution in [-0.2, 0) is 16.0 Å². The third-order valence-corrected chi connectivity index (χ3v) is 4.90. The highest BCUT2D eigenvalue weighted by Crippen LogP contribution is 2.38. The molecular formula is C21H24N4O3. The van der Waals surface area contributed by atoms with Crippen molar-refractivity contribution >= 4 is 12.1 Å². The van der Waals surface area contributed by atoms with Crippen LogP contribution in [0.3, 0.4) is 0 Å². The summed E-state index contributed by atoms with van der Waals surface area (Å²) >= 11 is 0. The van der Waals surface area contributed by atoms with E-state index in [0.29, 0.717) is 35.6 Å². The Hall–Kier alpha value is -2.98. The predicted octanol–water partition coefficient (Wildman–Crippen LogP) is 2.10. The van der Waals surface area contributed by atoms with Crippen molar-refractivity contribution in [2.75, 3.05) is 31.2 Å². The van der Waals surface area contributed by atoms with Gasteiger partial charge in [0.1, 0.15) is 6.29 Å². The maximum absolute atomic E-state index is 13.0. The van der Waals surface area contributed by atoms with Gasteiger partial charge in [-0.3, -0.25) is 9.36 Å². The van der Waals surface area contributed by atoms with Crippen LogP contribution >= 0.6 is 0 Å². The molecule has 7 nitrogen and oxygen atoms in total. The zero-order valence-electron chi connectivity index (χ0n) is 16.2. The molecule has 0 bridgehead atoms. The van der Waals surface area contributed by atoms with E-state index in [1.807, 2.05) is 18.7 Å². The van der Waals surface area contributed by atoms with Gasteiger partial charge in [-0.15, -0.1) is 0 Å². The fraction of sp³-hybridized carbons (Fsp3) is 0.429. The summed E-state index contributed by atoms with van der Waals surface area (Å²) in [5.74, 6) is 0.412. The normalized spacial score (nSPS) is 16.2. The highest BCUT2D eigenvalue weighted by atomic mass is 16.5. The summed E-state index contributed by atoms with van der Waals surface area (Å²) in [6, 6.07) is 8.91. The minimum absolute atomic E-state index is 0.173. The second-order valence-electron chi connectivity index (χ2n) is 6.94. The Balaban J connectivity index is 0.00000109. The van der Waals surface area contributed by atoms with Crippen molar-refractivity contribution in [1.29, 1.82) is 5.26 Å².